The number of nitrogens with one attached hydrogen (secondary N) is 1. The lowest BCUT2D eigenvalue weighted by Gasteiger charge is -2.42. The fourth-order valence-electron chi connectivity index (χ4n) is 3.22. The second-order valence-corrected chi connectivity index (χ2v) is 6.80. The molecule has 0 unspecified atom stereocenters. The van der Waals surface area contributed by atoms with E-state index >= 15 is 0 Å². The number of carboxylic acid groups (broad SMARTS) is 1. The number of nitrogens with zero attached hydrogens (tertiary/aromatic N) is 3. The van der Waals surface area contributed by atoms with E-state index in [1.807, 2.05) is 11.8 Å². The molecule has 2 N–H and O–H groups in total. The van der Waals surface area contributed by atoms with Crippen molar-refractivity contribution in [3.8, 4) is 5.75 Å². The minimum absolute atomic E-state index is 0.0289. The lowest BCUT2D eigenvalue weighted by Crippen LogP contribution is -2.54. The molecule has 1 aliphatic rings. The molecule has 9 heteroatoms. The predicted octanol–water partition coefficient (Wildman–Crippen LogP) is 1.62. The number of aryl methyl sites for hydroxylation is 1. The normalized spacial score (nSPS) is 18.5. The van der Waals surface area contributed by atoms with Crippen LogP contribution in [0.25, 0.3) is 0 Å². The van der Waals surface area contributed by atoms with E-state index in [1.54, 1.807) is 31.2 Å². The van der Waals surface area contributed by atoms with Crippen LogP contribution in [-0.2, 0) is 11.4 Å². The van der Waals surface area contributed by atoms with Gasteiger partial charge in [-0.1, -0.05) is 18.1 Å². The Labute approximate surface area is 162 Å². The maximum atomic E-state index is 12.5. The predicted molar refractivity (Wildman–Crippen MR) is 99.0 cm³/mol. The van der Waals surface area contributed by atoms with Crippen LogP contribution in [0, 0.1) is 6.92 Å². The maximum absolute atomic E-state index is 12.5. The molecule has 0 radical (unpaired) electrons. The molecule has 1 aliphatic carbocycles. The molecule has 1 amide bonds. The van der Waals surface area contributed by atoms with Gasteiger partial charge in [-0.25, -0.2) is 0 Å². The zero-order chi connectivity index (χ0) is 20.1. The first-order chi connectivity index (χ1) is 13.4. The lowest BCUT2D eigenvalue weighted by atomic mass is 9.85. The van der Waals surface area contributed by atoms with E-state index in [0.29, 0.717) is 29.6 Å². The molecule has 1 aromatic carbocycles. The Bertz CT molecular complexity index is 831. The molecule has 1 aromatic heterocycles. The number of aliphatic carboxylic acids is 1. The molecule has 150 valence electrons. The number of hydrogen-bond donors (Lipinski definition) is 2. The van der Waals surface area contributed by atoms with Crippen LogP contribution >= 0.6 is 0 Å². The Morgan fingerprint density at radius 3 is 2.82 bits per heavy atom. The summed E-state index contributed by atoms with van der Waals surface area (Å²) in [4.78, 5) is 29.4. The summed E-state index contributed by atoms with van der Waals surface area (Å²) >= 11 is 0. The van der Waals surface area contributed by atoms with Gasteiger partial charge in [-0.15, -0.1) is 0 Å². The molecule has 1 saturated carbocycles. The largest absolute Gasteiger partial charge is 0.485 e. The zero-order valence-corrected chi connectivity index (χ0v) is 15.9. The highest BCUT2D eigenvalue weighted by Crippen LogP contribution is 2.26. The van der Waals surface area contributed by atoms with Crippen molar-refractivity contribution in [2.75, 3.05) is 13.1 Å². The van der Waals surface area contributed by atoms with Gasteiger partial charge in [0.15, 0.2) is 6.61 Å². The molecular weight excluding hydrogens is 364 g/mol. The van der Waals surface area contributed by atoms with E-state index in [0.717, 1.165) is 12.8 Å². The van der Waals surface area contributed by atoms with Crippen molar-refractivity contribution in [2.24, 2.45) is 0 Å². The van der Waals surface area contributed by atoms with E-state index in [1.165, 1.54) is 0 Å². The molecule has 9 nitrogen and oxygen atoms in total. The van der Waals surface area contributed by atoms with Gasteiger partial charge >= 0.3 is 5.97 Å². The van der Waals surface area contributed by atoms with Crippen LogP contribution in [0.5, 0.6) is 5.75 Å². The van der Waals surface area contributed by atoms with E-state index in [9.17, 15) is 9.59 Å². The van der Waals surface area contributed by atoms with E-state index in [-0.39, 0.29) is 31.1 Å². The van der Waals surface area contributed by atoms with Crippen LogP contribution in [0.1, 0.15) is 41.8 Å². The second-order valence-electron chi connectivity index (χ2n) is 6.80. The summed E-state index contributed by atoms with van der Waals surface area (Å²) < 4.78 is 10.5. The van der Waals surface area contributed by atoms with Gasteiger partial charge in [0.05, 0.1) is 6.54 Å². The van der Waals surface area contributed by atoms with E-state index < -0.39 is 5.97 Å². The van der Waals surface area contributed by atoms with Crippen molar-refractivity contribution in [3.63, 3.8) is 0 Å². The maximum Gasteiger partial charge on any atom is 0.317 e. The first-order valence-corrected chi connectivity index (χ1v) is 9.23. The van der Waals surface area contributed by atoms with Crippen LogP contribution < -0.4 is 10.1 Å². The number of carbonyl (C=O) groups is 2. The third-order valence-corrected chi connectivity index (χ3v) is 4.74. The smallest absolute Gasteiger partial charge is 0.317 e. The molecule has 28 heavy (non-hydrogen) atoms. The molecule has 0 saturated heterocycles. The number of amides is 1. The third-order valence-electron chi connectivity index (χ3n) is 4.74. The van der Waals surface area contributed by atoms with Gasteiger partial charge in [-0.3, -0.25) is 14.5 Å². The zero-order valence-electron chi connectivity index (χ0n) is 15.9. The minimum atomic E-state index is -0.831. The summed E-state index contributed by atoms with van der Waals surface area (Å²) in [7, 11) is 0. The number of aromatic nitrogens is 2. The summed E-state index contributed by atoms with van der Waals surface area (Å²) in [6.45, 7) is 4.51. The molecular formula is C19H24N4O5. The molecule has 3 rings (SSSR count). The summed E-state index contributed by atoms with van der Waals surface area (Å²) in [5.74, 6) is 0.443. The first-order valence-electron chi connectivity index (χ1n) is 9.23. The fraction of sp³-hybridized carbons (Fsp3) is 0.474. The number of carbonyl (C=O) groups excluding carboxylic acids is 1. The summed E-state index contributed by atoms with van der Waals surface area (Å²) in [6.07, 6.45) is 1.50. The van der Waals surface area contributed by atoms with Crippen LogP contribution in [-0.4, -0.2) is 57.2 Å². The van der Waals surface area contributed by atoms with Crippen molar-refractivity contribution in [1.82, 2.24) is 20.4 Å². The SMILES string of the molecule is CCN(CC(=O)O)C1CC(NC(=O)c2cccc(OCc3noc(C)n3)c2)C1. The van der Waals surface area contributed by atoms with Crippen LogP contribution in [0.3, 0.4) is 0 Å². The number of ether oxygens (including phenoxy) is 1. The second kappa shape index (κ2) is 8.83. The van der Waals surface area contributed by atoms with E-state index in [2.05, 4.69) is 15.5 Å². The highest BCUT2D eigenvalue weighted by molar-refractivity contribution is 5.94. The third kappa shape index (κ3) is 5.07. The topological polar surface area (TPSA) is 118 Å². The fourth-order valence-corrected chi connectivity index (χ4v) is 3.22. The van der Waals surface area contributed by atoms with E-state index in [4.69, 9.17) is 14.4 Å². The van der Waals surface area contributed by atoms with Crippen molar-refractivity contribution in [2.45, 2.75) is 45.4 Å². The average Bonchev–Trinajstić information content (AvgIpc) is 3.06. The molecule has 2 aromatic rings. The Morgan fingerprint density at radius 2 is 2.18 bits per heavy atom. The first kappa shape index (κ1) is 19.8. The van der Waals surface area contributed by atoms with Crippen LogP contribution in [0.4, 0.5) is 0 Å². The van der Waals surface area contributed by atoms with Gasteiger partial charge in [-0.05, 0) is 37.6 Å². The summed E-state index contributed by atoms with van der Waals surface area (Å²) in [6, 6.07) is 7.14. The Kier molecular flexibility index (Phi) is 6.25. The van der Waals surface area contributed by atoms with Gasteiger partial charge in [-0.2, -0.15) is 4.98 Å². The average molecular weight is 388 g/mol. The molecule has 0 spiro atoms. The van der Waals surface area contributed by atoms with Crippen molar-refractivity contribution in [3.05, 3.63) is 41.5 Å². The van der Waals surface area contributed by atoms with Crippen LogP contribution in [0.2, 0.25) is 0 Å². The number of hydrogen-bond acceptors (Lipinski definition) is 7. The molecule has 0 atom stereocenters. The lowest BCUT2D eigenvalue weighted by molar-refractivity contribution is -0.139. The number of rotatable bonds is 9. The highest BCUT2D eigenvalue weighted by Gasteiger charge is 2.34. The number of benzene rings is 1. The number of carboxylic acids is 1. The number of likely N-dealkylation sites (N-methyl/N-ethyl adjacent to an activating group) is 1. The van der Waals surface area contributed by atoms with Crippen molar-refractivity contribution < 1.29 is 24.0 Å². The molecule has 1 heterocycles. The molecule has 0 bridgehead atoms. The Morgan fingerprint density at radius 1 is 1.39 bits per heavy atom. The van der Waals surface area contributed by atoms with Gasteiger partial charge in [0, 0.05) is 24.6 Å². The Balaban J connectivity index is 1.49. The standard InChI is InChI=1S/C19H24N4O5/c1-3-23(10-18(24)25)15-8-14(9-15)21-19(26)13-5-4-6-16(7-13)27-11-17-20-12(2)28-22-17/h4-7,14-15H,3,8-11H2,1-2H3,(H,21,26)(H,24,25). The van der Waals surface area contributed by atoms with Gasteiger partial charge < -0.3 is 19.7 Å². The molecule has 1 fully saturated rings. The summed E-state index contributed by atoms with van der Waals surface area (Å²) in [5.41, 5.74) is 0.503. The highest BCUT2D eigenvalue weighted by atomic mass is 16.5. The van der Waals surface area contributed by atoms with Crippen molar-refractivity contribution in [1.29, 1.82) is 0 Å². The monoisotopic (exact) mass is 388 g/mol. The van der Waals surface area contributed by atoms with Gasteiger partial charge in [0.1, 0.15) is 5.75 Å². The Hall–Kier alpha value is -2.94. The van der Waals surface area contributed by atoms with Gasteiger partial charge in [0.2, 0.25) is 11.7 Å². The quantitative estimate of drug-likeness (QED) is 0.665. The van der Waals surface area contributed by atoms with Crippen LogP contribution in [0.15, 0.2) is 28.8 Å². The minimum Gasteiger partial charge on any atom is -0.485 e. The summed E-state index contributed by atoms with van der Waals surface area (Å²) in [5, 5.41) is 15.7. The molecule has 0 aliphatic heterocycles. The van der Waals surface area contributed by atoms with Gasteiger partial charge in [0.25, 0.3) is 5.91 Å². The van der Waals surface area contributed by atoms with Crippen molar-refractivity contribution >= 4 is 11.9 Å².